The van der Waals surface area contributed by atoms with E-state index >= 15 is 0 Å². The minimum absolute atomic E-state index is 0.0143. The lowest BCUT2D eigenvalue weighted by atomic mass is 9.78. The molecule has 0 aromatic heterocycles. The van der Waals surface area contributed by atoms with Crippen LogP contribution in [0.15, 0.2) is 0 Å². The molecule has 1 aliphatic carbocycles. The smallest absolute Gasteiger partial charge is 0.220 e. The molecule has 0 bridgehead atoms. The molecule has 0 heterocycles. The molecule has 0 unspecified atom stereocenters. The maximum Gasteiger partial charge on any atom is 0.220 e. The zero-order chi connectivity index (χ0) is 17.2. The normalized spacial score (nSPS) is 24.5. The largest absolute Gasteiger partial charge is 0.353 e. The Balaban J connectivity index is 2.18. The van der Waals surface area contributed by atoms with E-state index in [9.17, 15) is 9.59 Å². The summed E-state index contributed by atoms with van der Waals surface area (Å²) in [6, 6.07) is 0.278. The van der Waals surface area contributed by atoms with Crippen molar-refractivity contribution >= 4 is 11.8 Å². The van der Waals surface area contributed by atoms with Gasteiger partial charge in [0, 0.05) is 18.9 Å². The van der Waals surface area contributed by atoms with Gasteiger partial charge in [-0.15, -0.1) is 0 Å². The first kappa shape index (κ1) is 19.9. The second-order valence-corrected chi connectivity index (χ2v) is 7.00. The maximum atomic E-state index is 12.0. The summed E-state index contributed by atoms with van der Waals surface area (Å²) in [4.78, 5) is 25.3. The Morgan fingerprint density at radius 2 is 1.70 bits per heavy atom. The Morgan fingerprint density at radius 1 is 1.04 bits per heavy atom. The van der Waals surface area contributed by atoms with Crippen LogP contribution in [0.25, 0.3) is 0 Å². The number of carbonyl (C=O) groups is 2. The van der Waals surface area contributed by atoms with Crippen molar-refractivity contribution in [2.75, 3.05) is 26.2 Å². The Labute approximate surface area is 141 Å². The second-order valence-electron chi connectivity index (χ2n) is 7.00. The Morgan fingerprint density at radius 3 is 2.35 bits per heavy atom. The van der Waals surface area contributed by atoms with Gasteiger partial charge in [-0.05, 0) is 32.1 Å². The molecule has 5 nitrogen and oxygen atoms in total. The molecular formula is C18H36N3O2+. The van der Waals surface area contributed by atoms with Crippen molar-refractivity contribution in [2.45, 2.75) is 65.8 Å². The van der Waals surface area contributed by atoms with Crippen molar-refractivity contribution in [1.82, 2.24) is 10.6 Å². The third kappa shape index (κ3) is 7.34. The number of rotatable bonds is 9. The van der Waals surface area contributed by atoms with Crippen LogP contribution in [0.3, 0.4) is 0 Å². The molecule has 3 atom stereocenters. The van der Waals surface area contributed by atoms with Crippen LogP contribution in [0.5, 0.6) is 0 Å². The van der Waals surface area contributed by atoms with Crippen molar-refractivity contribution in [3.05, 3.63) is 0 Å². The van der Waals surface area contributed by atoms with Gasteiger partial charge in [0.15, 0.2) is 0 Å². The molecule has 23 heavy (non-hydrogen) atoms. The van der Waals surface area contributed by atoms with E-state index in [4.69, 9.17) is 0 Å². The van der Waals surface area contributed by atoms with Crippen molar-refractivity contribution < 1.29 is 14.5 Å². The molecule has 0 saturated heterocycles. The summed E-state index contributed by atoms with van der Waals surface area (Å²) in [6.07, 6.45) is 4.09. The lowest BCUT2D eigenvalue weighted by Crippen LogP contribution is -3.12. The predicted molar refractivity (Wildman–Crippen MR) is 93.3 cm³/mol. The highest BCUT2D eigenvalue weighted by atomic mass is 16.2. The Hall–Kier alpha value is -1.10. The summed E-state index contributed by atoms with van der Waals surface area (Å²) in [6.45, 7) is 12.6. The topological polar surface area (TPSA) is 62.6 Å². The van der Waals surface area contributed by atoms with E-state index in [0.717, 1.165) is 26.1 Å². The molecule has 0 radical (unpaired) electrons. The zero-order valence-electron chi connectivity index (χ0n) is 15.4. The molecule has 0 aromatic rings. The molecular weight excluding hydrogens is 290 g/mol. The summed E-state index contributed by atoms with van der Waals surface area (Å²) >= 11 is 0. The van der Waals surface area contributed by atoms with E-state index in [1.165, 1.54) is 17.7 Å². The summed E-state index contributed by atoms with van der Waals surface area (Å²) < 4.78 is 0. The second kappa shape index (κ2) is 10.6. The third-order valence-electron chi connectivity index (χ3n) is 5.43. The predicted octanol–water partition coefficient (Wildman–Crippen LogP) is 0.748. The van der Waals surface area contributed by atoms with Gasteiger partial charge in [0.05, 0.1) is 26.2 Å². The van der Waals surface area contributed by atoms with Crippen LogP contribution < -0.4 is 15.5 Å². The van der Waals surface area contributed by atoms with Crippen LogP contribution in [-0.4, -0.2) is 44.0 Å². The van der Waals surface area contributed by atoms with Gasteiger partial charge in [-0.1, -0.05) is 26.7 Å². The molecule has 1 saturated carbocycles. The van der Waals surface area contributed by atoms with Gasteiger partial charge in [0.1, 0.15) is 0 Å². The van der Waals surface area contributed by atoms with E-state index < -0.39 is 0 Å². The number of nitrogens with one attached hydrogen (secondary N) is 3. The summed E-state index contributed by atoms with van der Waals surface area (Å²) in [5, 5.41) is 6.04. The Kier molecular flexibility index (Phi) is 9.22. The van der Waals surface area contributed by atoms with Crippen molar-refractivity contribution in [3.8, 4) is 0 Å². The molecule has 5 heteroatoms. The average molecular weight is 327 g/mol. The van der Waals surface area contributed by atoms with Crippen LogP contribution in [0.2, 0.25) is 0 Å². The highest BCUT2D eigenvalue weighted by molar-refractivity contribution is 5.83. The first-order valence-corrected chi connectivity index (χ1v) is 9.37. The molecule has 134 valence electrons. The average Bonchev–Trinajstić information content (AvgIpc) is 2.54. The van der Waals surface area contributed by atoms with Crippen molar-refractivity contribution in [2.24, 2.45) is 11.8 Å². The molecule has 1 fully saturated rings. The number of quaternary nitrogens is 1. The summed E-state index contributed by atoms with van der Waals surface area (Å²) in [5.74, 6) is 1.19. The van der Waals surface area contributed by atoms with Crippen molar-refractivity contribution in [3.63, 3.8) is 0 Å². The highest BCUT2D eigenvalue weighted by Gasteiger charge is 2.28. The first-order chi connectivity index (χ1) is 11.0. The van der Waals surface area contributed by atoms with Crippen LogP contribution in [0.1, 0.15) is 59.8 Å². The fourth-order valence-corrected chi connectivity index (χ4v) is 3.36. The standard InChI is InChI=1S/C18H35N3O2/c1-5-21(6-2)13-12-19-17(22)10-11-18(23)20-16-9-7-8-14(3)15(16)4/h14-16H,5-13H2,1-4H3,(H,19,22)(H,20,23)/p+1/t14-,15+,16+/m1/s1. The number of hydrogen-bond acceptors (Lipinski definition) is 2. The first-order valence-electron chi connectivity index (χ1n) is 9.37. The van der Waals surface area contributed by atoms with Crippen molar-refractivity contribution in [1.29, 1.82) is 0 Å². The zero-order valence-corrected chi connectivity index (χ0v) is 15.4. The highest BCUT2D eigenvalue weighted by Crippen LogP contribution is 2.29. The van der Waals surface area contributed by atoms with E-state index in [-0.39, 0.29) is 24.3 Å². The van der Waals surface area contributed by atoms with E-state index in [2.05, 4.69) is 38.3 Å². The summed E-state index contributed by atoms with van der Waals surface area (Å²) in [5.41, 5.74) is 0. The maximum absolute atomic E-state index is 12.0. The molecule has 1 rings (SSSR count). The fraction of sp³-hybridized carbons (Fsp3) is 0.889. The van der Waals surface area contributed by atoms with Crippen LogP contribution in [-0.2, 0) is 9.59 Å². The number of amides is 2. The van der Waals surface area contributed by atoms with Gasteiger partial charge < -0.3 is 15.5 Å². The van der Waals surface area contributed by atoms with Gasteiger partial charge >= 0.3 is 0 Å². The quantitative estimate of drug-likeness (QED) is 0.585. The van der Waals surface area contributed by atoms with Gasteiger partial charge in [0.25, 0.3) is 0 Å². The van der Waals surface area contributed by atoms with Crippen LogP contribution in [0, 0.1) is 11.8 Å². The van der Waals surface area contributed by atoms with Gasteiger partial charge in [-0.3, -0.25) is 9.59 Å². The monoisotopic (exact) mass is 326 g/mol. The van der Waals surface area contributed by atoms with Gasteiger partial charge in [0.2, 0.25) is 11.8 Å². The minimum Gasteiger partial charge on any atom is -0.353 e. The molecule has 2 amide bonds. The van der Waals surface area contributed by atoms with Gasteiger partial charge in [-0.2, -0.15) is 0 Å². The number of likely N-dealkylation sites (N-methyl/N-ethyl adjacent to an activating group) is 1. The van der Waals surface area contributed by atoms with E-state index in [1.807, 2.05) is 0 Å². The Bertz CT molecular complexity index is 369. The summed E-state index contributed by atoms with van der Waals surface area (Å²) in [7, 11) is 0. The molecule has 0 spiro atoms. The third-order valence-corrected chi connectivity index (χ3v) is 5.43. The number of hydrogen-bond donors (Lipinski definition) is 3. The fourth-order valence-electron chi connectivity index (χ4n) is 3.36. The van der Waals surface area contributed by atoms with Crippen LogP contribution in [0.4, 0.5) is 0 Å². The minimum atomic E-state index is -0.0169. The molecule has 3 N–H and O–H groups in total. The molecule has 0 aliphatic heterocycles. The lowest BCUT2D eigenvalue weighted by molar-refractivity contribution is -0.895. The lowest BCUT2D eigenvalue weighted by Gasteiger charge is -2.34. The van der Waals surface area contributed by atoms with E-state index in [0.29, 0.717) is 24.8 Å². The molecule has 0 aromatic carbocycles. The van der Waals surface area contributed by atoms with Crippen LogP contribution >= 0.6 is 0 Å². The SMILES string of the molecule is CC[NH+](CC)CCNC(=O)CCC(=O)N[C@H]1CCC[C@@H](C)[C@@H]1C. The van der Waals surface area contributed by atoms with Gasteiger partial charge in [-0.25, -0.2) is 0 Å². The molecule has 1 aliphatic rings. The van der Waals surface area contributed by atoms with E-state index in [1.54, 1.807) is 0 Å². The number of carbonyl (C=O) groups excluding carboxylic acids is 2.